The predicted molar refractivity (Wildman–Crippen MR) is 177 cm³/mol. The van der Waals surface area contributed by atoms with Crippen LogP contribution in [0.3, 0.4) is 0 Å². The van der Waals surface area contributed by atoms with E-state index >= 15 is 0 Å². The molecule has 3 unspecified atom stereocenters. The molecule has 5 aliphatic carbocycles. The largest absolute Gasteiger partial charge is 0.389 e. The molecule has 8 rings (SSSR count). The van der Waals surface area contributed by atoms with Gasteiger partial charge >= 0.3 is 0 Å². The van der Waals surface area contributed by atoms with Crippen LogP contribution in [0.25, 0.3) is 0 Å². The Hall–Kier alpha value is -1.02. The molecule has 6 heteroatoms. The smallest absolute Gasteiger partial charge is 0.171 e. The van der Waals surface area contributed by atoms with Crippen molar-refractivity contribution in [3.63, 3.8) is 0 Å². The monoisotopic (exact) mass is 636 g/mol. The van der Waals surface area contributed by atoms with Crippen LogP contribution in [0.15, 0.2) is 18.2 Å². The molecule has 6 nitrogen and oxygen atoms in total. The van der Waals surface area contributed by atoms with E-state index in [-0.39, 0.29) is 22.5 Å². The average molecular weight is 637 g/mol. The van der Waals surface area contributed by atoms with E-state index in [4.69, 9.17) is 18.9 Å². The maximum Gasteiger partial charge on any atom is 0.171 e. The Morgan fingerprint density at radius 2 is 1.78 bits per heavy atom. The van der Waals surface area contributed by atoms with Crippen molar-refractivity contribution < 1.29 is 29.2 Å². The average Bonchev–Trinajstić information content (AvgIpc) is 3.31. The SMILES string of the molecule is CCc1ccc2c(c1)C[C@]13CCC4(C[C@]1(O)CC[C@@H]1C3C2C[C@@]2(C)[C@@H]1CC[C@]2(O)CCCOC1CCCCO1)OCC(C)(C)CO4. The summed E-state index contributed by atoms with van der Waals surface area (Å²) in [6.45, 7) is 11.9. The Kier molecular flexibility index (Phi) is 7.88. The van der Waals surface area contributed by atoms with Crippen LogP contribution in [0.1, 0.15) is 134 Å². The van der Waals surface area contributed by atoms with E-state index in [1.807, 2.05) is 0 Å². The molecule has 0 amide bonds. The highest BCUT2D eigenvalue weighted by molar-refractivity contribution is 5.43. The molecular weight excluding hydrogens is 576 g/mol. The molecule has 0 aromatic heterocycles. The summed E-state index contributed by atoms with van der Waals surface area (Å²) < 4.78 is 25.1. The molecule has 1 aromatic rings. The van der Waals surface area contributed by atoms with E-state index < -0.39 is 17.0 Å². The van der Waals surface area contributed by atoms with Crippen LogP contribution in [0.2, 0.25) is 0 Å². The fourth-order valence-corrected chi connectivity index (χ4v) is 12.5. The Bertz CT molecular complexity index is 1290. The lowest BCUT2D eigenvalue weighted by atomic mass is 9.36. The third-order valence-electron chi connectivity index (χ3n) is 14.9. The van der Waals surface area contributed by atoms with Crippen molar-refractivity contribution in [2.24, 2.45) is 34.0 Å². The van der Waals surface area contributed by atoms with Crippen molar-refractivity contribution in [3.05, 3.63) is 34.9 Å². The predicted octanol–water partition coefficient (Wildman–Crippen LogP) is 7.46. The van der Waals surface area contributed by atoms with E-state index in [1.165, 1.54) is 23.1 Å². The van der Waals surface area contributed by atoms with Crippen LogP contribution in [-0.2, 0) is 31.8 Å². The van der Waals surface area contributed by atoms with Gasteiger partial charge < -0.3 is 29.2 Å². The maximum atomic E-state index is 13.1. The molecule has 2 saturated heterocycles. The summed E-state index contributed by atoms with van der Waals surface area (Å²) >= 11 is 0. The lowest BCUT2D eigenvalue weighted by Crippen LogP contribution is -2.71. The van der Waals surface area contributed by atoms with Gasteiger partial charge in [-0.25, -0.2) is 0 Å². The molecular formula is C40H60O6. The van der Waals surface area contributed by atoms with Crippen LogP contribution in [-0.4, -0.2) is 59.9 Å². The van der Waals surface area contributed by atoms with Crippen molar-refractivity contribution in [3.8, 4) is 0 Å². The number of hydrogen-bond donors (Lipinski definition) is 2. The molecule has 4 saturated carbocycles. The summed E-state index contributed by atoms with van der Waals surface area (Å²) in [5.41, 5.74) is 2.52. The normalized spacial score (nSPS) is 45.4. The molecule has 256 valence electrons. The lowest BCUT2D eigenvalue weighted by molar-refractivity contribution is -0.358. The zero-order chi connectivity index (χ0) is 32.0. The molecule has 2 aliphatic heterocycles. The highest BCUT2D eigenvalue weighted by atomic mass is 16.7. The van der Waals surface area contributed by atoms with Gasteiger partial charge in [0.2, 0.25) is 0 Å². The van der Waals surface area contributed by atoms with Gasteiger partial charge in [-0.1, -0.05) is 45.9 Å². The molecule has 46 heavy (non-hydrogen) atoms. The maximum absolute atomic E-state index is 13.1. The molecule has 0 radical (unpaired) electrons. The first-order valence-electron chi connectivity index (χ1n) is 19.0. The van der Waals surface area contributed by atoms with Crippen molar-refractivity contribution in [2.45, 2.75) is 153 Å². The minimum atomic E-state index is -0.812. The Morgan fingerprint density at radius 1 is 0.957 bits per heavy atom. The fraction of sp³-hybridized carbons (Fsp3) is 0.850. The number of fused-ring (bicyclic) bond motifs is 4. The number of rotatable bonds is 6. The zero-order valence-electron chi connectivity index (χ0n) is 29.1. The Morgan fingerprint density at radius 3 is 2.54 bits per heavy atom. The van der Waals surface area contributed by atoms with Crippen molar-refractivity contribution >= 4 is 0 Å². The van der Waals surface area contributed by atoms with Crippen molar-refractivity contribution in [1.82, 2.24) is 0 Å². The Labute approximate surface area is 277 Å². The standard InChI is InChI=1S/C40H60O6/c1-5-27-10-11-29-28(21-27)22-37-17-18-40(45-25-35(2,3)26-46-40)24-39(37,42)15-12-30-32-13-16-38(41,36(32,4)23-31(29)34(30)37)14-8-20-44-33-9-6-7-19-43-33/h10-11,21,30-34,41-42H,5-9,12-20,22-26H2,1-4H3/t30-,31?,32+,33?,34?,36-,37-,38+,39+/m0/s1. The highest BCUT2D eigenvalue weighted by Gasteiger charge is 2.73. The van der Waals surface area contributed by atoms with Gasteiger partial charge in [0.1, 0.15) is 0 Å². The minimum absolute atomic E-state index is 0.00889. The second kappa shape index (κ2) is 11.3. The third kappa shape index (κ3) is 4.85. The molecule has 1 aromatic carbocycles. The molecule has 9 atom stereocenters. The number of benzene rings is 1. The molecule has 0 bridgehead atoms. The summed E-state index contributed by atoms with van der Waals surface area (Å²) in [5.74, 6) is 1.12. The fourth-order valence-electron chi connectivity index (χ4n) is 12.5. The van der Waals surface area contributed by atoms with E-state index in [9.17, 15) is 10.2 Å². The zero-order valence-corrected chi connectivity index (χ0v) is 29.1. The van der Waals surface area contributed by atoms with Crippen molar-refractivity contribution in [1.29, 1.82) is 0 Å². The second-order valence-electron chi connectivity index (χ2n) is 18.0. The summed E-state index contributed by atoms with van der Waals surface area (Å²) in [6, 6.07) is 7.25. The van der Waals surface area contributed by atoms with E-state index in [0.717, 1.165) is 90.1 Å². The van der Waals surface area contributed by atoms with Crippen LogP contribution < -0.4 is 0 Å². The van der Waals surface area contributed by atoms with Gasteiger partial charge in [-0.15, -0.1) is 0 Å². The van der Waals surface area contributed by atoms with E-state index in [0.29, 0.717) is 49.9 Å². The van der Waals surface area contributed by atoms with E-state index in [1.54, 1.807) is 0 Å². The van der Waals surface area contributed by atoms with Crippen LogP contribution in [0, 0.1) is 34.0 Å². The Balaban J connectivity index is 1.11. The number of ether oxygens (including phenoxy) is 4. The number of aryl methyl sites for hydroxylation is 1. The van der Waals surface area contributed by atoms with Crippen LogP contribution in [0.4, 0.5) is 0 Å². The third-order valence-corrected chi connectivity index (χ3v) is 14.9. The number of hydrogen-bond acceptors (Lipinski definition) is 6. The molecule has 6 fully saturated rings. The summed E-state index contributed by atoms with van der Waals surface area (Å²) in [5, 5.41) is 25.7. The summed E-state index contributed by atoms with van der Waals surface area (Å²) in [4.78, 5) is 0. The van der Waals surface area contributed by atoms with Gasteiger partial charge in [0.15, 0.2) is 12.1 Å². The van der Waals surface area contributed by atoms with Gasteiger partial charge in [-0.3, -0.25) is 0 Å². The van der Waals surface area contributed by atoms with Gasteiger partial charge in [0.25, 0.3) is 0 Å². The molecule has 2 heterocycles. The van der Waals surface area contributed by atoms with Crippen molar-refractivity contribution in [2.75, 3.05) is 26.4 Å². The van der Waals surface area contributed by atoms with Gasteiger partial charge in [-0.05, 0) is 129 Å². The van der Waals surface area contributed by atoms with Gasteiger partial charge in [-0.2, -0.15) is 0 Å². The molecule has 2 N–H and O–H groups in total. The lowest BCUT2D eigenvalue weighted by Gasteiger charge is -2.70. The first kappa shape index (κ1) is 32.2. The number of aliphatic hydroxyl groups is 2. The van der Waals surface area contributed by atoms with Gasteiger partial charge in [0, 0.05) is 36.9 Å². The minimum Gasteiger partial charge on any atom is -0.389 e. The van der Waals surface area contributed by atoms with Gasteiger partial charge in [0.05, 0.1) is 24.4 Å². The molecule has 7 aliphatic rings. The topological polar surface area (TPSA) is 77.4 Å². The first-order chi connectivity index (χ1) is 21.9. The molecule has 2 spiro atoms. The first-order valence-corrected chi connectivity index (χ1v) is 19.0. The summed E-state index contributed by atoms with van der Waals surface area (Å²) in [6.07, 6.45) is 14.1. The van der Waals surface area contributed by atoms with Crippen LogP contribution >= 0.6 is 0 Å². The highest BCUT2D eigenvalue weighted by Crippen LogP contribution is 2.75. The second-order valence-corrected chi connectivity index (χ2v) is 18.0. The summed E-state index contributed by atoms with van der Waals surface area (Å²) in [7, 11) is 0. The van der Waals surface area contributed by atoms with E-state index in [2.05, 4.69) is 45.9 Å². The quantitative estimate of drug-likeness (QED) is 0.316. The van der Waals surface area contributed by atoms with Crippen LogP contribution in [0.5, 0.6) is 0 Å².